The van der Waals surface area contributed by atoms with Crippen molar-refractivity contribution in [3.63, 3.8) is 0 Å². The fourth-order valence-corrected chi connectivity index (χ4v) is 3.95. The second-order valence-electron chi connectivity index (χ2n) is 4.96. The van der Waals surface area contributed by atoms with Gasteiger partial charge in [-0.05, 0) is 54.6 Å². The zero-order valence-electron chi connectivity index (χ0n) is 11.8. The standard InChI is InChI=1S/C15H15ClIN3S/c1-9-8-18-15(21-9)10(2)20-13-4-3-11(17)7-12(13)19-14(20)5-6-16/h3-4,7-8,10H,5-6H2,1-2H3. The summed E-state index contributed by atoms with van der Waals surface area (Å²) in [6, 6.07) is 6.54. The number of thiazole rings is 1. The number of rotatable bonds is 4. The van der Waals surface area contributed by atoms with Gasteiger partial charge in [0.25, 0.3) is 0 Å². The second kappa shape index (κ2) is 6.22. The van der Waals surface area contributed by atoms with E-state index in [4.69, 9.17) is 16.6 Å². The molecule has 0 saturated heterocycles. The molecule has 0 saturated carbocycles. The third-order valence-electron chi connectivity index (χ3n) is 3.43. The Hall–Kier alpha value is -0.660. The maximum Gasteiger partial charge on any atom is 0.115 e. The van der Waals surface area contributed by atoms with Crippen molar-refractivity contribution < 1.29 is 0 Å². The second-order valence-corrected chi connectivity index (χ2v) is 7.85. The molecule has 0 bridgehead atoms. The molecule has 3 aromatic rings. The first-order valence-electron chi connectivity index (χ1n) is 6.75. The zero-order valence-corrected chi connectivity index (χ0v) is 15.5. The lowest BCUT2D eigenvalue weighted by Gasteiger charge is -2.15. The minimum atomic E-state index is 0.173. The summed E-state index contributed by atoms with van der Waals surface area (Å²) in [5.74, 6) is 1.60. The van der Waals surface area contributed by atoms with E-state index in [1.807, 2.05) is 6.20 Å². The van der Waals surface area contributed by atoms with E-state index in [9.17, 15) is 0 Å². The summed E-state index contributed by atoms with van der Waals surface area (Å²) in [5.41, 5.74) is 2.18. The van der Waals surface area contributed by atoms with E-state index in [1.54, 1.807) is 11.3 Å². The SMILES string of the molecule is Cc1cnc(C(C)n2c(CCCl)nc3cc(I)ccc32)s1. The number of hydrogen-bond acceptors (Lipinski definition) is 3. The van der Waals surface area contributed by atoms with Crippen LogP contribution in [0.4, 0.5) is 0 Å². The van der Waals surface area contributed by atoms with E-state index in [2.05, 4.69) is 64.2 Å². The Kier molecular flexibility index (Phi) is 4.51. The molecule has 0 aliphatic heterocycles. The number of alkyl halides is 1. The molecule has 21 heavy (non-hydrogen) atoms. The van der Waals surface area contributed by atoms with Crippen molar-refractivity contribution in [1.82, 2.24) is 14.5 Å². The molecular weight excluding hydrogens is 417 g/mol. The van der Waals surface area contributed by atoms with Crippen LogP contribution in [-0.4, -0.2) is 20.4 Å². The van der Waals surface area contributed by atoms with Gasteiger partial charge in [0.2, 0.25) is 0 Å². The van der Waals surface area contributed by atoms with Gasteiger partial charge in [-0.2, -0.15) is 0 Å². The van der Waals surface area contributed by atoms with Gasteiger partial charge in [0.05, 0.1) is 17.1 Å². The Morgan fingerprint density at radius 3 is 2.90 bits per heavy atom. The molecule has 0 fully saturated rings. The van der Waals surface area contributed by atoms with Crippen molar-refractivity contribution in [2.24, 2.45) is 0 Å². The fraction of sp³-hybridized carbons (Fsp3) is 0.333. The predicted molar refractivity (Wildman–Crippen MR) is 97.5 cm³/mol. The molecule has 110 valence electrons. The van der Waals surface area contributed by atoms with Crippen molar-refractivity contribution >= 4 is 56.6 Å². The van der Waals surface area contributed by atoms with Gasteiger partial charge >= 0.3 is 0 Å². The summed E-state index contributed by atoms with van der Waals surface area (Å²) in [4.78, 5) is 10.5. The topological polar surface area (TPSA) is 30.7 Å². The molecule has 3 rings (SSSR count). The van der Waals surface area contributed by atoms with Gasteiger partial charge in [0.15, 0.2) is 0 Å². The van der Waals surface area contributed by atoms with E-state index in [0.717, 1.165) is 28.3 Å². The van der Waals surface area contributed by atoms with E-state index >= 15 is 0 Å². The Labute approximate surface area is 146 Å². The van der Waals surface area contributed by atoms with Gasteiger partial charge in [0.1, 0.15) is 10.8 Å². The lowest BCUT2D eigenvalue weighted by molar-refractivity contribution is 0.620. The van der Waals surface area contributed by atoms with Crippen molar-refractivity contribution in [2.45, 2.75) is 26.3 Å². The highest BCUT2D eigenvalue weighted by molar-refractivity contribution is 14.1. The monoisotopic (exact) mass is 431 g/mol. The number of aromatic nitrogens is 3. The van der Waals surface area contributed by atoms with E-state index in [-0.39, 0.29) is 6.04 Å². The third-order valence-corrected chi connectivity index (χ3v) is 5.37. The number of aryl methyl sites for hydroxylation is 2. The molecule has 0 amide bonds. The summed E-state index contributed by atoms with van der Waals surface area (Å²) in [6.07, 6.45) is 2.70. The van der Waals surface area contributed by atoms with Gasteiger partial charge in [-0.25, -0.2) is 9.97 Å². The first-order chi connectivity index (χ1) is 10.1. The van der Waals surface area contributed by atoms with Gasteiger partial charge in [-0.15, -0.1) is 22.9 Å². The van der Waals surface area contributed by atoms with Crippen molar-refractivity contribution in [1.29, 1.82) is 0 Å². The lowest BCUT2D eigenvalue weighted by atomic mass is 10.2. The Balaban J connectivity index is 2.16. The van der Waals surface area contributed by atoms with Gasteiger partial charge < -0.3 is 4.57 Å². The summed E-state index contributed by atoms with van der Waals surface area (Å²) in [6.45, 7) is 4.26. The molecule has 0 spiro atoms. The van der Waals surface area contributed by atoms with E-state index in [0.29, 0.717) is 5.88 Å². The van der Waals surface area contributed by atoms with Crippen LogP contribution in [0.2, 0.25) is 0 Å². The normalized spacial score (nSPS) is 13.0. The Morgan fingerprint density at radius 2 is 2.24 bits per heavy atom. The smallest absolute Gasteiger partial charge is 0.115 e. The predicted octanol–water partition coefficient (Wildman–Crippen LogP) is 4.80. The molecule has 0 radical (unpaired) electrons. The average molecular weight is 432 g/mol. The number of halogens is 2. The zero-order chi connectivity index (χ0) is 15.0. The highest BCUT2D eigenvalue weighted by Gasteiger charge is 2.19. The summed E-state index contributed by atoms with van der Waals surface area (Å²) < 4.78 is 3.46. The molecule has 2 heterocycles. The highest BCUT2D eigenvalue weighted by atomic mass is 127. The minimum Gasteiger partial charge on any atom is -0.318 e. The molecule has 1 unspecified atom stereocenters. The summed E-state index contributed by atoms with van der Waals surface area (Å²) in [7, 11) is 0. The van der Waals surface area contributed by atoms with Crippen LogP contribution in [0.1, 0.15) is 28.7 Å². The van der Waals surface area contributed by atoms with Crippen molar-refractivity contribution in [3.8, 4) is 0 Å². The maximum absolute atomic E-state index is 5.95. The molecule has 1 atom stereocenters. The molecule has 0 N–H and O–H groups in total. The third kappa shape index (κ3) is 2.96. The number of imidazole rings is 1. The fourth-order valence-electron chi connectivity index (χ4n) is 2.49. The van der Waals surface area contributed by atoms with Gasteiger partial charge in [-0.3, -0.25) is 0 Å². The van der Waals surface area contributed by atoms with Crippen LogP contribution in [0.15, 0.2) is 24.4 Å². The molecule has 1 aromatic carbocycles. The molecule has 0 aliphatic carbocycles. The van der Waals surface area contributed by atoms with Crippen LogP contribution in [-0.2, 0) is 6.42 Å². The van der Waals surface area contributed by atoms with Crippen LogP contribution in [0, 0.1) is 10.5 Å². The van der Waals surface area contributed by atoms with Crippen LogP contribution in [0.25, 0.3) is 11.0 Å². The maximum atomic E-state index is 5.95. The van der Waals surface area contributed by atoms with Crippen molar-refractivity contribution in [3.05, 3.63) is 43.7 Å². The highest BCUT2D eigenvalue weighted by Crippen LogP contribution is 2.29. The molecular formula is C15H15ClIN3S. The molecule has 3 nitrogen and oxygen atoms in total. The Morgan fingerprint density at radius 1 is 1.43 bits per heavy atom. The minimum absolute atomic E-state index is 0.173. The number of hydrogen-bond donors (Lipinski definition) is 0. The van der Waals surface area contributed by atoms with Crippen LogP contribution < -0.4 is 0 Å². The van der Waals surface area contributed by atoms with Crippen LogP contribution in [0.5, 0.6) is 0 Å². The largest absolute Gasteiger partial charge is 0.318 e. The number of nitrogens with zero attached hydrogens (tertiary/aromatic N) is 3. The summed E-state index contributed by atoms with van der Waals surface area (Å²) in [5, 5.41) is 1.11. The first-order valence-corrected chi connectivity index (χ1v) is 9.17. The lowest BCUT2D eigenvalue weighted by Crippen LogP contribution is -2.11. The Bertz CT molecular complexity index is 780. The first kappa shape index (κ1) is 15.2. The average Bonchev–Trinajstić information content (AvgIpc) is 3.01. The molecule has 6 heteroatoms. The number of fused-ring (bicyclic) bond motifs is 1. The van der Waals surface area contributed by atoms with Gasteiger partial charge in [0, 0.05) is 26.9 Å². The number of benzene rings is 1. The van der Waals surface area contributed by atoms with Gasteiger partial charge in [-0.1, -0.05) is 0 Å². The van der Waals surface area contributed by atoms with Crippen LogP contribution in [0.3, 0.4) is 0 Å². The molecule has 0 aliphatic rings. The van der Waals surface area contributed by atoms with E-state index in [1.165, 1.54) is 8.45 Å². The van der Waals surface area contributed by atoms with Crippen molar-refractivity contribution in [2.75, 3.05) is 5.88 Å². The summed E-state index contributed by atoms with van der Waals surface area (Å²) >= 11 is 10.0. The molecule has 2 aromatic heterocycles. The quantitative estimate of drug-likeness (QED) is 0.439. The van der Waals surface area contributed by atoms with E-state index < -0.39 is 0 Å². The van der Waals surface area contributed by atoms with Crippen LogP contribution >= 0.6 is 45.5 Å².